The fourth-order valence-corrected chi connectivity index (χ4v) is 2.58. The van der Waals surface area contributed by atoms with E-state index in [-0.39, 0.29) is 5.91 Å². The Balaban J connectivity index is 1.72. The number of nitrogens with zero attached hydrogens (tertiary/aromatic N) is 2. The minimum absolute atomic E-state index is 0.0595. The van der Waals surface area contributed by atoms with Crippen LogP contribution in [0.4, 0.5) is 11.5 Å². The van der Waals surface area contributed by atoms with E-state index in [0.29, 0.717) is 16.4 Å². The molecule has 5 heteroatoms. The highest BCUT2D eigenvalue weighted by molar-refractivity contribution is 6.33. The molecule has 0 saturated carbocycles. The Labute approximate surface area is 128 Å². The van der Waals surface area contributed by atoms with Crippen molar-refractivity contribution in [2.24, 2.45) is 0 Å². The highest BCUT2D eigenvalue weighted by Gasteiger charge is 2.19. The second kappa shape index (κ2) is 6.14. The molecule has 0 atom stereocenters. The standard InChI is InChI=1S/C16H16ClN3O/c17-13-5-1-2-6-14(13)19-15-8-7-12(11-18-15)16(21)20-9-3-4-10-20/h1-2,5-8,11H,3-4,9-10H2,(H,18,19). The molecule has 1 amide bonds. The number of likely N-dealkylation sites (tertiary alicyclic amines) is 1. The largest absolute Gasteiger partial charge is 0.339 e. The van der Waals surface area contributed by atoms with E-state index in [0.717, 1.165) is 31.6 Å². The lowest BCUT2D eigenvalue weighted by Gasteiger charge is -2.15. The Kier molecular flexibility index (Phi) is 4.06. The number of anilines is 2. The molecule has 1 fully saturated rings. The van der Waals surface area contributed by atoms with E-state index in [2.05, 4.69) is 10.3 Å². The molecule has 1 aliphatic heterocycles. The highest BCUT2D eigenvalue weighted by atomic mass is 35.5. The number of benzene rings is 1. The van der Waals surface area contributed by atoms with E-state index in [4.69, 9.17) is 11.6 Å². The van der Waals surface area contributed by atoms with Crippen molar-refractivity contribution < 1.29 is 4.79 Å². The number of nitrogens with one attached hydrogen (secondary N) is 1. The van der Waals surface area contributed by atoms with Gasteiger partial charge in [-0.25, -0.2) is 4.98 Å². The molecule has 0 unspecified atom stereocenters. The third kappa shape index (κ3) is 3.16. The van der Waals surface area contributed by atoms with Crippen LogP contribution in [0.2, 0.25) is 5.02 Å². The highest BCUT2D eigenvalue weighted by Crippen LogP contribution is 2.24. The summed E-state index contributed by atoms with van der Waals surface area (Å²) in [4.78, 5) is 18.4. The van der Waals surface area contributed by atoms with Gasteiger partial charge in [0.1, 0.15) is 5.82 Å². The van der Waals surface area contributed by atoms with Crippen LogP contribution in [-0.4, -0.2) is 28.9 Å². The molecular weight excluding hydrogens is 286 g/mol. The minimum atomic E-state index is 0.0595. The molecule has 0 radical (unpaired) electrons. The fourth-order valence-electron chi connectivity index (χ4n) is 2.40. The Morgan fingerprint density at radius 3 is 2.57 bits per heavy atom. The molecule has 21 heavy (non-hydrogen) atoms. The lowest BCUT2D eigenvalue weighted by Crippen LogP contribution is -2.27. The molecule has 0 bridgehead atoms. The molecule has 4 nitrogen and oxygen atoms in total. The maximum Gasteiger partial charge on any atom is 0.255 e. The van der Waals surface area contributed by atoms with E-state index >= 15 is 0 Å². The number of amides is 1. The summed E-state index contributed by atoms with van der Waals surface area (Å²) in [6, 6.07) is 11.1. The first kappa shape index (κ1) is 13.9. The first-order valence-corrected chi connectivity index (χ1v) is 7.39. The van der Waals surface area contributed by atoms with Crippen molar-refractivity contribution in [1.29, 1.82) is 0 Å². The maximum absolute atomic E-state index is 12.2. The van der Waals surface area contributed by atoms with Gasteiger partial charge >= 0.3 is 0 Å². The molecule has 2 aromatic rings. The molecule has 0 spiro atoms. The number of para-hydroxylation sites is 1. The summed E-state index contributed by atoms with van der Waals surface area (Å²) in [5.74, 6) is 0.727. The van der Waals surface area contributed by atoms with Crippen LogP contribution in [0, 0.1) is 0 Å². The monoisotopic (exact) mass is 301 g/mol. The Bertz CT molecular complexity index is 636. The number of aromatic nitrogens is 1. The Morgan fingerprint density at radius 2 is 1.90 bits per heavy atom. The summed E-state index contributed by atoms with van der Waals surface area (Å²) in [5, 5.41) is 3.78. The summed E-state index contributed by atoms with van der Waals surface area (Å²) >= 11 is 6.09. The van der Waals surface area contributed by atoms with Crippen molar-refractivity contribution in [2.75, 3.05) is 18.4 Å². The van der Waals surface area contributed by atoms with Crippen LogP contribution >= 0.6 is 11.6 Å². The van der Waals surface area contributed by atoms with Crippen LogP contribution in [0.25, 0.3) is 0 Å². The quantitative estimate of drug-likeness (QED) is 0.940. The summed E-state index contributed by atoms with van der Waals surface area (Å²) in [7, 11) is 0. The van der Waals surface area contributed by atoms with Crippen molar-refractivity contribution in [1.82, 2.24) is 9.88 Å². The van der Waals surface area contributed by atoms with Gasteiger partial charge < -0.3 is 10.2 Å². The third-order valence-electron chi connectivity index (χ3n) is 3.54. The molecule has 1 aromatic carbocycles. The smallest absolute Gasteiger partial charge is 0.255 e. The van der Waals surface area contributed by atoms with Crippen molar-refractivity contribution in [3.05, 3.63) is 53.2 Å². The zero-order valence-electron chi connectivity index (χ0n) is 11.6. The second-order valence-corrected chi connectivity index (χ2v) is 5.44. The van der Waals surface area contributed by atoms with Gasteiger partial charge in [0.05, 0.1) is 16.3 Å². The van der Waals surface area contributed by atoms with Gasteiger partial charge in [-0.15, -0.1) is 0 Å². The van der Waals surface area contributed by atoms with E-state index in [1.54, 1.807) is 18.3 Å². The summed E-state index contributed by atoms with van der Waals surface area (Å²) < 4.78 is 0. The van der Waals surface area contributed by atoms with Crippen molar-refractivity contribution in [2.45, 2.75) is 12.8 Å². The van der Waals surface area contributed by atoms with Gasteiger partial charge in [0.15, 0.2) is 0 Å². The third-order valence-corrected chi connectivity index (χ3v) is 3.87. The van der Waals surface area contributed by atoms with E-state index in [1.807, 2.05) is 29.2 Å². The van der Waals surface area contributed by atoms with Crippen molar-refractivity contribution in [3.8, 4) is 0 Å². The normalized spacial score (nSPS) is 14.2. The van der Waals surface area contributed by atoms with Crippen molar-refractivity contribution in [3.63, 3.8) is 0 Å². The second-order valence-electron chi connectivity index (χ2n) is 5.04. The summed E-state index contributed by atoms with van der Waals surface area (Å²) in [6.07, 6.45) is 3.79. The van der Waals surface area contributed by atoms with Crippen LogP contribution in [0.3, 0.4) is 0 Å². The predicted molar refractivity (Wildman–Crippen MR) is 84.1 cm³/mol. The predicted octanol–water partition coefficient (Wildman–Crippen LogP) is 3.71. The zero-order chi connectivity index (χ0) is 14.7. The summed E-state index contributed by atoms with van der Waals surface area (Å²) in [6.45, 7) is 1.69. The average Bonchev–Trinajstić information content (AvgIpc) is 3.04. The fraction of sp³-hybridized carbons (Fsp3) is 0.250. The number of hydrogen-bond donors (Lipinski definition) is 1. The van der Waals surface area contributed by atoms with E-state index < -0.39 is 0 Å². The lowest BCUT2D eigenvalue weighted by atomic mass is 10.2. The molecule has 3 rings (SSSR count). The van der Waals surface area contributed by atoms with Gasteiger partial charge in [0, 0.05) is 19.3 Å². The molecule has 0 aliphatic carbocycles. The SMILES string of the molecule is O=C(c1ccc(Nc2ccccc2Cl)nc1)N1CCCC1. The van der Waals surface area contributed by atoms with Crippen LogP contribution < -0.4 is 5.32 Å². The first-order chi connectivity index (χ1) is 10.2. The van der Waals surface area contributed by atoms with Gasteiger partial charge in [-0.05, 0) is 37.1 Å². The molecule has 1 N–H and O–H groups in total. The molecule has 108 valence electrons. The number of carbonyl (C=O) groups excluding carboxylic acids is 1. The molecule has 2 heterocycles. The van der Waals surface area contributed by atoms with Gasteiger partial charge in [-0.3, -0.25) is 4.79 Å². The molecule has 1 aromatic heterocycles. The minimum Gasteiger partial charge on any atom is -0.339 e. The number of rotatable bonds is 3. The number of pyridine rings is 1. The lowest BCUT2D eigenvalue weighted by molar-refractivity contribution is 0.0792. The Hall–Kier alpha value is -2.07. The Morgan fingerprint density at radius 1 is 1.14 bits per heavy atom. The van der Waals surface area contributed by atoms with Gasteiger partial charge in [-0.2, -0.15) is 0 Å². The zero-order valence-corrected chi connectivity index (χ0v) is 12.3. The van der Waals surface area contributed by atoms with E-state index in [1.165, 1.54) is 0 Å². The molecule has 1 aliphatic rings. The van der Waals surface area contributed by atoms with E-state index in [9.17, 15) is 4.79 Å². The molecule has 1 saturated heterocycles. The van der Waals surface area contributed by atoms with Crippen LogP contribution in [-0.2, 0) is 0 Å². The first-order valence-electron chi connectivity index (χ1n) is 7.01. The van der Waals surface area contributed by atoms with Gasteiger partial charge in [0.25, 0.3) is 5.91 Å². The number of halogens is 1. The number of carbonyl (C=O) groups is 1. The van der Waals surface area contributed by atoms with Crippen LogP contribution in [0.15, 0.2) is 42.6 Å². The van der Waals surface area contributed by atoms with Crippen LogP contribution in [0.1, 0.15) is 23.2 Å². The van der Waals surface area contributed by atoms with Gasteiger partial charge in [0.2, 0.25) is 0 Å². The summed E-state index contributed by atoms with van der Waals surface area (Å²) in [5.41, 5.74) is 1.42. The van der Waals surface area contributed by atoms with Gasteiger partial charge in [-0.1, -0.05) is 23.7 Å². The topological polar surface area (TPSA) is 45.2 Å². The molecular formula is C16H16ClN3O. The number of hydrogen-bond acceptors (Lipinski definition) is 3. The maximum atomic E-state index is 12.2. The average molecular weight is 302 g/mol. The van der Waals surface area contributed by atoms with Crippen LogP contribution in [0.5, 0.6) is 0 Å². The van der Waals surface area contributed by atoms with Crippen molar-refractivity contribution >= 4 is 29.0 Å².